The molecular weight excluding hydrogens is 371 g/mol. The minimum Gasteiger partial charge on any atom is -0.375 e. The molecule has 0 aliphatic heterocycles. The van der Waals surface area contributed by atoms with Crippen molar-refractivity contribution in [2.45, 2.75) is 13.1 Å². The number of aryl methyl sites for hydroxylation is 1. The number of hydrogen-bond acceptors (Lipinski definition) is 4. The summed E-state index contributed by atoms with van der Waals surface area (Å²) in [5.74, 6) is 0.163. The Hall–Kier alpha value is -3.13. The Bertz CT molecular complexity index is 1020. The molecule has 2 N–H and O–H groups in total. The van der Waals surface area contributed by atoms with Crippen LogP contribution >= 0.6 is 0 Å². The fraction of sp³-hybridized carbons (Fsp3) is 0.200. The minimum atomic E-state index is -4.41. The monoisotopic (exact) mass is 389 g/mol. The van der Waals surface area contributed by atoms with Gasteiger partial charge < -0.3 is 15.4 Å². The number of methoxy groups -OCH3 is 1. The van der Waals surface area contributed by atoms with Crippen LogP contribution in [-0.2, 0) is 15.7 Å². The third-order valence-electron chi connectivity index (χ3n) is 4.04. The van der Waals surface area contributed by atoms with Crippen molar-refractivity contribution < 1.29 is 22.7 Å². The molecule has 1 heterocycles. The van der Waals surface area contributed by atoms with E-state index in [4.69, 9.17) is 4.74 Å². The first-order valence-electron chi connectivity index (χ1n) is 8.41. The number of pyridine rings is 1. The van der Waals surface area contributed by atoms with E-state index in [1.54, 1.807) is 30.3 Å². The second-order valence-electron chi connectivity index (χ2n) is 6.24. The fourth-order valence-electron chi connectivity index (χ4n) is 2.79. The lowest BCUT2D eigenvalue weighted by atomic mass is 10.1. The molecule has 3 rings (SSSR count). The summed E-state index contributed by atoms with van der Waals surface area (Å²) in [5, 5.41) is 6.46. The number of aromatic nitrogens is 1. The van der Waals surface area contributed by atoms with E-state index in [0.717, 1.165) is 23.1 Å². The molecule has 0 aliphatic carbocycles. The lowest BCUT2D eigenvalue weighted by molar-refractivity contribution is -0.137. The molecular formula is C20H18F3N3O2. The largest absolute Gasteiger partial charge is 0.416 e. The molecule has 3 aromatic rings. The summed E-state index contributed by atoms with van der Waals surface area (Å²) in [6, 6.07) is 11.9. The number of nitrogens with one attached hydrogen (secondary N) is 2. The van der Waals surface area contributed by atoms with E-state index in [2.05, 4.69) is 15.6 Å². The van der Waals surface area contributed by atoms with Crippen molar-refractivity contribution in [3.8, 4) is 0 Å². The average molecular weight is 389 g/mol. The first kappa shape index (κ1) is 19.6. The number of amides is 1. The van der Waals surface area contributed by atoms with Gasteiger partial charge in [-0.05, 0) is 55.0 Å². The number of anilines is 3. The fourth-order valence-corrected chi connectivity index (χ4v) is 2.79. The molecule has 0 atom stereocenters. The lowest BCUT2D eigenvalue weighted by Gasteiger charge is -2.12. The van der Waals surface area contributed by atoms with E-state index in [9.17, 15) is 18.0 Å². The van der Waals surface area contributed by atoms with Crippen molar-refractivity contribution in [2.24, 2.45) is 0 Å². The van der Waals surface area contributed by atoms with Gasteiger partial charge in [-0.25, -0.2) is 4.98 Å². The van der Waals surface area contributed by atoms with Crippen LogP contribution in [0, 0.1) is 6.92 Å². The lowest BCUT2D eigenvalue weighted by Crippen LogP contribution is -2.17. The van der Waals surface area contributed by atoms with Gasteiger partial charge in [0.2, 0.25) is 5.91 Å². The molecule has 0 radical (unpaired) electrons. The third-order valence-corrected chi connectivity index (χ3v) is 4.04. The van der Waals surface area contributed by atoms with Crippen LogP contribution in [0.1, 0.15) is 11.1 Å². The van der Waals surface area contributed by atoms with Crippen LogP contribution in [-0.4, -0.2) is 24.6 Å². The Labute approximate surface area is 159 Å². The van der Waals surface area contributed by atoms with Gasteiger partial charge in [0.1, 0.15) is 12.4 Å². The van der Waals surface area contributed by atoms with E-state index in [1.165, 1.54) is 13.2 Å². The highest BCUT2D eigenvalue weighted by molar-refractivity contribution is 5.95. The Kier molecular flexibility index (Phi) is 5.51. The predicted octanol–water partition coefficient (Wildman–Crippen LogP) is 4.89. The highest BCUT2D eigenvalue weighted by Gasteiger charge is 2.30. The van der Waals surface area contributed by atoms with Crippen molar-refractivity contribution in [3.63, 3.8) is 0 Å². The number of nitrogens with zero attached hydrogens (tertiary/aromatic N) is 1. The van der Waals surface area contributed by atoms with Crippen LogP contribution in [0.25, 0.3) is 10.9 Å². The maximum Gasteiger partial charge on any atom is 0.416 e. The molecule has 8 heteroatoms. The number of hydrogen-bond donors (Lipinski definition) is 2. The van der Waals surface area contributed by atoms with Crippen molar-refractivity contribution in [2.75, 3.05) is 24.4 Å². The molecule has 0 fully saturated rings. The number of rotatable bonds is 5. The molecule has 146 valence electrons. The Morgan fingerprint density at radius 2 is 1.89 bits per heavy atom. The van der Waals surface area contributed by atoms with Crippen molar-refractivity contribution in [1.29, 1.82) is 0 Å². The number of halogens is 3. The maximum atomic E-state index is 12.9. The van der Waals surface area contributed by atoms with Gasteiger partial charge in [0.05, 0.1) is 11.1 Å². The summed E-state index contributed by atoms with van der Waals surface area (Å²) in [6.45, 7) is 1.82. The topological polar surface area (TPSA) is 63.2 Å². The number of fused-ring (bicyclic) bond motifs is 1. The van der Waals surface area contributed by atoms with Gasteiger partial charge >= 0.3 is 6.18 Å². The number of alkyl halides is 3. The maximum absolute atomic E-state index is 12.9. The molecule has 1 amide bonds. The molecule has 0 aliphatic rings. The smallest absolute Gasteiger partial charge is 0.375 e. The normalized spacial score (nSPS) is 11.5. The van der Waals surface area contributed by atoms with Gasteiger partial charge in [-0.1, -0.05) is 6.07 Å². The first-order chi connectivity index (χ1) is 13.3. The van der Waals surface area contributed by atoms with E-state index in [-0.39, 0.29) is 12.5 Å². The van der Waals surface area contributed by atoms with Crippen molar-refractivity contribution in [1.82, 2.24) is 4.98 Å². The van der Waals surface area contributed by atoms with Crippen LogP contribution in [0.2, 0.25) is 0 Å². The Morgan fingerprint density at radius 1 is 1.11 bits per heavy atom. The van der Waals surface area contributed by atoms with Gasteiger partial charge in [0, 0.05) is 23.9 Å². The Morgan fingerprint density at radius 3 is 2.61 bits per heavy atom. The number of carbonyl (C=O) groups is 1. The number of ether oxygens (including phenoxy) is 1. The zero-order valence-electron chi connectivity index (χ0n) is 15.2. The highest BCUT2D eigenvalue weighted by Crippen LogP contribution is 2.32. The van der Waals surface area contributed by atoms with Gasteiger partial charge in [-0.2, -0.15) is 13.2 Å². The number of benzene rings is 2. The standard InChI is InChI=1S/C20H18F3N3O2/c1-12-8-18(24-14-5-3-4-13(9-14)20(21,22)23)26-17-7-6-15(10-16(12)17)25-19(27)11-28-2/h3-10H,11H2,1-2H3,(H,24,26)(H,25,27). The number of carbonyl (C=O) groups excluding carboxylic acids is 1. The van der Waals surface area contributed by atoms with E-state index in [1.807, 2.05) is 6.92 Å². The summed E-state index contributed by atoms with van der Waals surface area (Å²) in [6.07, 6.45) is -4.41. The summed E-state index contributed by atoms with van der Waals surface area (Å²) >= 11 is 0. The van der Waals surface area contributed by atoms with Crippen LogP contribution in [0.15, 0.2) is 48.5 Å². The van der Waals surface area contributed by atoms with Crippen molar-refractivity contribution in [3.05, 3.63) is 59.7 Å². The summed E-state index contributed by atoms with van der Waals surface area (Å²) < 4.78 is 43.4. The molecule has 5 nitrogen and oxygen atoms in total. The molecule has 0 spiro atoms. The minimum absolute atomic E-state index is 0.0465. The molecule has 0 saturated heterocycles. The van der Waals surface area contributed by atoms with Gasteiger partial charge in [0.25, 0.3) is 0 Å². The predicted molar refractivity (Wildman–Crippen MR) is 102 cm³/mol. The van der Waals surface area contributed by atoms with Crippen molar-refractivity contribution >= 4 is 34.0 Å². The SMILES string of the molecule is COCC(=O)Nc1ccc2nc(Nc3cccc(C(F)(F)F)c3)cc(C)c2c1. The van der Waals surface area contributed by atoms with Crippen LogP contribution in [0.5, 0.6) is 0 Å². The molecule has 0 bridgehead atoms. The molecule has 1 aromatic heterocycles. The zero-order chi connectivity index (χ0) is 20.3. The van der Waals surface area contributed by atoms with E-state index < -0.39 is 11.7 Å². The van der Waals surface area contributed by atoms with Crippen LogP contribution in [0.3, 0.4) is 0 Å². The van der Waals surface area contributed by atoms with E-state index >= 15 is 0 Å². The van der Waals surface area contributed by atoms with E-state index in [0.29, 0.717) is 22.7 Å². The molecule has 0 unspecified atom stereocenters. The second-order valence-corrected chi connectivity index (χ2v) is 6.24. The first-order valence-corrected chi connectivity index (χ1v) is 8.41. The van der Waals surface area contributed by atoms with Gasteiger partial charge in [0.15, 0.2) is 0 Å². The highest BCUT2D eigenvalue weighted by atomic mass is 19.4. The summed E-state index contributed by atoms with van der Waals surface area (Å²) in [7, 11) is 1.44. The average Bonchev–Trinajstić information content (AvgIpc) is 2.62. The van der Waals surface area contributed by atoms with Gasteiger partial charge in [-0.15, -0.1) is 0 Å². The summed E-state index contributed by atoms with van der Waals surface area (Å²) in [4.78, 5) is 16.1. The summed E-state index contributed by atoms with van der Waals surface area (Å²) in [5.41, 5.74) is 1.69. The van der Waals surface area contributed by atoms with Gasteiger partial charge in [-0.3, -0.25) is 4.79 Å². The second kappa shape index (κ2) is 7.85. The Balaban J connectivity index is 1.87. The molecule has 28 heavy (non-hydrogen) atoms. The van der Waals surface area contributed by atoms with Crippen LogP contribution < -0.4 is 10.6 Å². The van der Waals surface area contributed by atoms with Crippen LogP contribution in [0.4, 0.5) is 30.4 Å². The molecule has 0 saturated carbocycles. The quantitative estimate of drug-likeness (QED) is 0.652. The third kappa shape index (κ3) is 4.58. The molecule has 2 aromatic carbocycles. The zero-order valence-corrected chi connectivity index (χ0v) is 15.2.